The lowest BCUT2D eigenvalue weighted by atomic mass is 9.95. The van der Waals surface area contributed by atoms with Crippen LogP contribution in [0.1, 0.15) is 43.9 Å². The van der Waals surface area contributed by atoms with Crippen LogP contribution in [0, 0.1) is 0 Å². The van der Waals surface area contributed by atoms with Crippen molar-refractivity contribution in [2.24, 2.45) is 4.99 Å². The Hall–Kier alpha value is -4.58. The molecule has 12 heteroatoms. The van der Waals surface area contributed by atoms with Gasteiger partial charge in [0.1, 0.15) is 0 Å². The van der Waals surface area contributed by atoms with Crippen molar-refractivity contribution in [1.29, 1.82) is 0 Å². The predicted octanol–water partition coefficient (Wildman–Crippen LogP) is 2.83. The summed E-state index contributed by atoms with van der Waals surface area (Å²) in [7, 11) is 4.58. The Bertz CT molecular complexity index is 1790. The number of allylic oxidation sites excluding steroid dienone is 1. The van der Waals surface area contributed by atoms with Gasteiger partial charge in [-0.2, -0.15) is 0 Å². The van der Waals surface area contributed by atoms with Gasteiger partial charge in [0.2, 0.25) is 0 Å². The van der Waals surface area contributed by atoms with E-state index < -0.39 is 12.0 Å². The lowest BCUT2D eigenvalue weighted by Crippen LogP contribution is -2.40. The summed E-state index contributed by atoms with van der Waals surface area (Å²) in [5, 5.41) is 0. The van der Waals surface area contributed by atoms with E-state index in [1.54, 1.807) is 61.2 Å². The third-order valence-corrected chi connectivity index (χ3v) is 8.52. The number of fused-ring (bicyclic) bond motifs is 1. The number of aromatic nitrogens is 1. The van der Waals surface area contributed by atoms with Gasteiger partial charge in [0, 0.05) is 13.1 Å². The first-order valence-corrected chi connectivity index (χ1v) is 15.1. The Morgan fingerprint density at radius 2 is 1.66 bits per heavy atom. The average molecular weight is 622 g/mol. The SMILES string of the molecule is CCOC(=O)C1=C(C)N=c2s/c(=C/c3ccc(OCC(=O)N4CCCC4)c(OC)c3)c(=O)n2[C@@H]1c1ccc(OC)c(OC)c1. The number of thiazole rings is 1. The molecule has 2 aromatic carbocycles. The number of hydrogen-bond acceptors (Lipinski definition) is 10. The molecule has 1 saturated heterocycles. The minimum Gasteiger partial charge on any atom is -0.493 e. The van der Waals surface area contributed by atoms with Crippen LogP contribution >= 0.6 is 11.3 Å². The standard InChI is InChI=1S/C32H35N3O8S/c1-6-42-31(38)28-19(2)33-32-35(29(28)21-10-12-22(39-3)25(17-21)41-5)30(37)26(44-32)16-20-9-11-23(24(15-20)40-4)43-18-27(36)34-13-7-8-14-34/h9-12,15-17,29H,6-8,13-14,18H2,1-5H3/b26-16+/t29-/m1/s1. The maximum absolute atomic E-state index is 14.0. The molecule has 0 saturated carbocycles. The molecule has 1 amide bonds. The summed E-state index contributed by atoms with van der Waals surface area (Å²) in [6, 6.07) is 9.72. The van der Waals surface area contributed by atoms with Gasteiger partial charge in [-0.15, -0.1) is 0 Å². The van der Waals surface area contributed by atoms with Crippen LogP contribution in [0.5, 0.6) is 23.0 Å². The molecule has 11 nitrogen and oxygen atoms in total. The minimum absolute atomic E-state index is 0.0590. The van der Waals surface area contributed by atoms with Crippen LogP contribution in [0.15, 0.2) is 57.5 Å². The van der Waals surface area contributed by atoms with Gasteiger partial charge in [-0.3, -0.25) is 14.2 Å². The van der Waals surface area contributed by atoms with E-state index in [4.69, 9.17) is 23.7 Å². The fourth-order valence-corrected chi connectivity index (χ4v) is 6.42. The van der Waals surface area contributed by atoms with Crippen molar-refractivity contribution in [3.8, 4) is 23.0 Å². The predicted molar refractivity (Wildman–Crippen MR) is 164 cm³/mol. The van der Waals surface area contributed by atoms with E-state index >= 15 is 0 Å². The van der Waals surface area contributed by atoms with E-state index in [9.17, 15) is 14.4 Å². The second-order valence-electron chi connectivity index (χ2n) is 10.2. The molecule has 5 rings (SSSR count). The largest absolute Gasteiger partial charge is 0.493 e. The van der Waals surface area contributed by atoms with Crippen LogP contribution in [0.4, 0.5) is 0 Å². The number of hydrogen-bond donors (Lipinski definition) is 0. The lowest BCUT2D eigenvalue weighted by molar-refractivity contribution is -0.139. The van der Waals surface area contributed by atoms with Crippen molar-refractivity contribution in [3.05, 3.63) is 78.5 Å². The Morgan fingerprint density at radius 3 is 2.34 bits per heavy atom. The number of rotatable bonds is 10. The molecule has 1 atom stereocenters. The van der Waals surface area contributed by atoms with Crippen LogP contribution in [0.2, 0.25) is 0 Å². The van der Waals surface area contributed by atoms with E-state index in [0.717, 1.165) is 25.9 Å². The molecule has 0 aliphatic carbocycles. The highest BCUT2D eigenvalue weighted by Crippen LogP contribution is 2.36. The number of nitrogens with zero attached hydrogens (tertiary/aromatic N) is 3. The van der Waals surface area contributed by atoms with Gasteiger partial charge in [0.15, 0.2) is 34.4 Å². The zero-order chi connectivity index (χ0) is 31.4. The van der Waals surface area contributed by atoms with Gasteiger partial charge in [0.25, 0.3) is 11.5 Å². The van der Waals surface area contributed by atoms with E-state index in [2.05, 4.69) is 4.99 Å². The summed E-state index contributed by atoms with van der Waals surface area (Å²) < 4.78 is 29.5. The summed E-state index contributed by atoms with van der Waals surface area (Å²) in [4.78, 5) is 46.5. The Labute approximate surface area is 258 Å². The molecule has 0 bridgehead atoms. The molecule has 0 unspecified atom stereocenters. The van der Waals surface area contributed by atoms with Crippen LogP contribution in [-0.4, -0.2) is 69.0 Å². The number of benzene rings is 2. The normalized spacial score (nSPS) is 16.3. The molecule has 3 heterocycles. The molecular weight excluding hydrogens is 586 g/mol. The molecule has 2 aliphatic heterocycles. The first kappa shape index (κ1) is 30.9. The van der Waals surface area contributed by atoms with Crippen molar-refractivity contribution in [2.45, 2.75) is 32.7 Å². The number of ether oxygens (including phenoxy) is 5. The smallest absolute Gasteiger partial charge is 0.338 e. The Morgan fingerprint density at radius 1 is 0.977 bits per heavy atom. The zero-order valence-corrected chi connectivity index (χ0v) is 26.2. The van der Waals surface area contributed by atoms with Crippen molar-refractivity contribution >= 4 is 29.3 Å². The molecule has 2 aliphatic rings. The van der Waals surface area contributed by atoms with Gasteiger partial charge >= 0.3 is 5.97 Å². The van der Waals surface area contributed by atoms with Crippen molar-refractivity contribution < 1.29 is 33.3 Å². The van der Waals surface area contributed by atoms with E-state index in [-0.39, 0.29) is 30.3 Å². The first-order chi connectivity index (χ1) is 21.3. The van der Waals surface area contributed by atoms with E-state index in [0.29, 0.717) is 49.2 Å². The number of carbonyl (C=O) groups excluding carboxylic acids is 2. The van der Waals surface area contributed by atoms with Crippen molar-refractivity contribution in [2.75, 3.05) is 47.6 Å². The third-order valence-electron chi connectivity index (χ3n) is 7.54. The highest BCUT2D eigenvalue weighted by Gasteiger charge is 2.34. The van der Waals surface area contributed by atoms with Crippen LogP contribution in [0.3, 0.4) is 0 Å². The Balaban J connectivity index is 1.54. The summed E-state index contributed by atoms with van der Waals surface area (Å²) in [6.07, 6.45) is 3.75. The van der Waals surface area contributed by atoms with E-state index in [1.165, 1.54) is 37.2 Å². The molecule has 0 spiro atoms. The minimum atomic E-state index is -0.800. The molecule has 44 heavy (non-hydrogen) atoms. The van der Waals surface area contributed by atoms with Crippen molar-refractivity contribution in [3.63, 3.8) is 0 Å². The maximum atomic E-state index is 14.0. The third kappa shape index (κ3) is 6.07. The first-order valence-electron chi connectivity index (χ1n) is 14.3. The van der Waals surface area contributed by atoms with Crippen LogP contribution in [-0.2, 0) is 14.3 Å². The molecular formula is C32H35N3O8S. The van der Waals surface area contributed by atoms with Gasteiger partial charge in [-0.1, -0.05) is 23.5 Å². The molecule has 1 fully saturated rings. The number of amides is 1. The topological polar surface area (TPSA) is 118 Å². The van der Waals surface area contributed by atoms with Crippen LogP contribution in [0.25, 0.3) is 6.08 Å². The Kier molecular flexibility index (Phi) is 9.38. The second-order valence-corrected chi connectivity index (χ2v) is 11.2. The molecule has 0 radical (unpaired) electrons. The lowest BCUT2D eigenvalue weighted by Gasteiger charge is -2.25. The summed E-state index contributed by atoms with van der Waals surface area (Å²) in [6.45, 7) is 5.06. The van der Waals surface area contributed by atoms with Crippen LogP contribution < -0.4 is 33.8 Å². The highest BCUT2D eigenvalue weighted by molar-refractivity contribution is 7.07. The van der Waals surface area contributed by atoms with E-state index in [1.807, 2.05) is 0 Å². The number of esters is 1. The van der Waals surface area contributed by atoms with Crippen molar-refractivity contribution in [1.82, 2.24) is 9.47 Å². The fraction of sp³-hybridized carbons (Fsp3) is 0.375. The van der Waals surface area contributed by atoms with Gasteiger partial charge in [-0.25, -0.2) is 9.79 Å². The fourth-order valence-electron chi connectivity index (χ4n) is 5.37. The average Bonchev–Trinajstić information content (AvgIpc) is 3.67. The quantitative estimate of drug-likeness (QED) is 0.318. The number of methoxy groups -OCH3 is 3. The molecule has 0 N–H and O–H groups in total. The monoisotopic (exact) mass is 621 g/mol. The summed E-state index contributed by atoms with van der Waals surface area (Å²) >= 11 is 1.21. The second kappa shape index (κ2) is 13.4. The molecule has 232 valence electrons. The summed E-state index contributed by atoms with van der Waals surface area (Å²) in [5.74, 6) is 1.24. The molecule has 1 aromatic heterocycles. The number of carbonyl (C=O) groups is 2. The zero-order valence-electron chi connectivity index (χ0n) is 25.4. The van der Waals surface area contributed by atoms with Gasteiger partial charge in [0.05, 0.1) is 49.8 Å². The maximum Gasteiger partial charge on any atom is 0.338 e. The number of likely N-dealkylation sites (tertiary alicyclic amines) is 1. The highest BCUT2D eigenvalue weighted by atomic mass is 32.1. The molecule has 3 aromatic rings. The van der Waals surface area contributed by atoms with Gasteiger partial charge < -0.3 is 28.6 Å². The summed E-state index contributed by atoms with van der Waals surface area (Å²) in [5.41, 5.74) is 1.74. The van der Waals surface area contributed by atoms with Gasteiger partial charge in [-0.05, 0) is 68.2 Å².